The van der Waals surface area contributed by atoms with Gasteiger partial charge in [-0.05, 0) is 0 Å². The van der Waals surface area contributed by atoms with E-state index in [1.807, 2.05) is 0 Å². The summed E-state index contributed by atoms with van der Waals surface area (Å²) in [6.07, 6.45) is 1.35. The zero-order chi connectivity index (χ0) is 5.28. The van der Waals surface area contributed by atoms with Crippen LogP contribution in [0.2, 0.25) is 0 Å². The Hall–Kier alpha value is -1.06. The normalized spacial score (nSPS) is 9.29. The molecule has 1 aromatic heterocycles. The highest BCUT2D eigenvalue weighted by Gasteiger charge is 1.82. The lowest BCUT2D eigenvalue weighted by Crippen LogP contribution is -2.12. The van der Waals surface area contributed by atoms with Gasteiger partial charge in [-0.2, -0.15) is 5.10 Å². The fraction of sp³-hybridized carbons (Fsp3) is 0.333. The van der Waals surface area contributed by atoms with Crippen molar-refractivity contribution in [2.75, 3.05) is 0 Å². The number of H-pyrrole nitrogens is 1. The Labute approximate surface area is 39.8 Å². The van der Waals surface area contributed by atoms with Gasteiger partial charge in [0.1, 0.15) is 6.33 Å². The molecule has 0 unspecified atom stereocenters. The van der Waals surface area contributed by atoms with Crippen molar-refractivity contribution in [1.29, 1.82) is 0 Å². The fourth-order valence-corrected chi connectivity index (χ4v) is 0.317. The van der Waals surface area contributed by atoms with Crippen LogP contribution in [0.4, 0.5) is 0 Å². The summed E-state index contributed by atoms with van der Waals surface area (Å²) < 4.78 is 1.22. The summed E-state index contributed by atoms with van der Waals surface area (Å²) in [5.41, 5.74) is -0.181. The number of rotatable bonds is 0. The SMILES string of the molecule is Cn1nc[nH]c1=O. The first-order valence-electron chi connectivity index (χ1n) is 1.87. The molecule has 0 atom stereocenters. The molecule has 0 spiro atoms. The van der Waals surface area contributed by atoms with Gasteiger partial charge in [0.25, 0.3) is 0 Å². The molecule has 0 radical (unpaired) electrons. The Balaban J connectivity index is 3.39. The molecular formula is C3H5N3O. The van der Waals surface area contributed by atoms with E-state index in [0.29, 0.717) is 0 Å². The van der Waals surface area contributed by atoms with E-state index in [-0.39, 0.29) is 5.69 Å². The van der Waals surface area contributed by atoms with Crippen LogP contribution in [-0.2, 0) is 7.05 Å². The third-order valence-electron chi connectivity index (χ3n) is 0.713. The van der Waals surface area contributed by atoms with Crippen LogP contribution >= 0.6 is 0 Å². The van der Waals surface area contributed by atoms with Gasteiger partial charge in [0, 0.05) is 7.05 Å². The summed E-state index contributed by atoms with van der Waals surface area (Å²) in [6.45, 7) is 0. The van der Waals surface area contributed by atoms with Gasteiger partial charge in [0.2, 0.25) is 0 Å². The van der Waals surface area contributed by atoms with Crippen LogP contribution in [-0.4, -0.2) is 14.8 Å². The molecule has 4 heteroatoms. The van der Waals surface area contributed by atoms with Crippen LogP contribution in [0.3, 0.4) is 0 Å². The average molecular weight is 99.1 g/mol. The molecule has 0 aliphatic rings. The molecule has 0 aliphatic carbocycles. The first kappa shape index (κ1) is 4.11. The van der Waals surface area contributed by atoms with Crippen molar-refractivity contribution in [3.63, 3.8) is 0 Å². The zero-order valence-corrected chi connectivity index (χ0v) is 3.88. The predicted octanol–water partition coefficient (Wildman–Crippen LogP) is -0.892. The first-order valence-corrected chi connectivity index (χ1v) is 1.87. The van der Waals surface area contributed by atoms with Crippen molar-refractivity contribution < 1.29 is 0 Å². The molecule has 1 rings (SSSR count). The Morgan fingerprint density at radius 2 is 2.71 bits per heavy atom. The molecule has 7 heavy (non-hydrogen) atoms. The van der Waals surface area contributed by atoms with E-state index < -0.39 is 0 Å². The van der Waals surface area contributed by atoms with E-state index in [1.54, 1.807) is 7.05 Å². The van der Waals surface area contributed by atoms with Gasteiger partial charge in [-0.1, -0.05) is 0 Å². The summed E-state index contributed by atoms with van der Waals surface area (Å²) in [6, 6.07) is 0. The molecule has 1 heterocycles. The van der Waals surface area contributed by atoms with E-state index in [0.717, 1.165) is 0 Å². The molecule has 1 N–H and O–H groups in total. The number of nitrogens with zero attached hydrogens (tertiary/aromatic N) is 2. The highest BCUT2D eigenvalue weighted by atomic mass is 16.1. The Bertz CT molecular complexity index is 198. The monoisotopic (exact) mass is 99.0 g/mol. The second kappa shape index (κ2) is 1.22. The quantitative estimate of drug-likeness (QED) is 0.458. The van der Waals surface area contributed by atoms with Gasteiger partial charge in [0.15, 0.2) is 0 Å². The van der Waals surface area contributed by atoms with Crippen molar-refractivity contribution >= 4 is 0 Å². The number of nitrogens with one attached hydrogen (secondary N) is 1. The van der Waals surface area contributed by atoms with Crippen LogP contribution < -0.4 is 5.69 Å². The Morgan fingerprint density at radius 1 is 2.00 bits per heavy atom. The van der Waals surface area contributed by atoms with E-state index in [2.05, 4.69) is 10.1 Å². The van der Waals surface area contributed by atoms with Crippen LogP contribution in [0.1, 0.15) is 0 Å². The molecule has 0 amide bonds. The zero-order valence-electron chi connectivity index (χ0n) is 3.88. The maximum absolute atomic E-state index is 10.3. The third kappa shape index (κ3) is 0.534. The maximum Gasteiger partial charge on any atom is 0.342 e. The standard InChI is InChI=1S/C3H5N3O/c1-6-3(7)4-2-5-6/h2H,1H3,(H,4,5,7). The van der Waals surface area contributed by atoms with Crippen LogP contribution in [0.25, 0.3) is 0 Å². The van der Waals surface area contributed by atoms with Gasteiger partial charge in [-0.25, -0.2) is 9.48 Å². The molecule has 0 aromatic carbocycles. The summed E-state index contributed by atoms with van der Waals surface area (Å²) >= 11 is 0. The summed E-state index contributed by atoms with van der Waals surface area (Å²) in [5.74, 6) is 0. The van der Waals surface area contributed by atoms with Crippen molar-refractivity contribution in [1.82, 2.24) is 14.8 Å². The number of hydrogen-bond donors (Lipinski definition) is 1. The molecular weight excluding hydrogens is 94.1 g/mol. The minimum absolute atomic E-state index is 0.181. The molecule has 0 bridgehead atoms. The topological polar surface area (TPSA) is 50.7 Å². The Morgan fingerprint density at radius 3 is 2.86 bits per heavy atom. The predicted molar refractivity (Wildman–Crippen MR) is 23.8 cm³/mol. The summed E-state index contributed by atoms with van der Waals surface area (Å²) in [5, 5.41) is 3.56. The maximum atomic E-state index is 10.3. The van der Waals surface area contributed by atoms with E-state index in [1.165, 1.54) is 11.0 Å². The molecule has 1 aromatic rings. The van der Waals surface area contributed by atoms with Gasteiger partial charge >= 0.3 is 5.69 Å². The summed E-state index contributed by atoms with van der Waals surface area (Å²) in [7, 11) is 1.58. The minimum Gasteiger partial charge on any atom is -0.295 e. The molecule has 0 aliphatic heterocycles. The molecule has 38 valence electrons. The van der Waals surface area contributed by atoms with Crippen molar-refractivity contribution in [2.45, 2.75) is 0 Å². The van der Waals surface area contributed by atoms with Crippen LogP contribution in [0, 0.1) is 0 Å². The number of aromatic nitrogens is 3. The molecule has 0 saturated carbocycles. The largest absolute Gasteiger partial charge is 0.342 e. The average Bonchev–Trinajstić information content (AvgIpc) is 1.91. The van der Waals surface area contributed by atoms with Gasteiger partial charge < -0.3 is 0 Å². The van der Waals surface area contributed by atoms with Crippen molar-refractivity contribution in [2.24, 2.45) is 7.05 Å². The van der Waals surface area contributed by atoms with Crippen molar-refractivity contribution in [3.05, 3.63) is 16.8 Å². The second-order valence-corrected chi connectivity index (χ2v) is 1.22. The lowest BCUT2D eigenvalue weighted by atomic mass is 11.2. The van der Waals surface area contributed by atoms with E-state index >= 15 is 0 Å². The van der Waals surface area contributed by atoms with E-state index in [9.17, 15) is 4.79 Å². The molecule has 0 saturated heterocycles. The lowest BCUT2D eigenvalue weighted by Gasteiger charge is -1.74. The number of aryl methyl sites for hydroxylation is 1. The van der Waals surface area contributed by atoms with Crippen molar-refractivity contribution in [3.8, 4) is 0 Å². The number of hydrogen-bond acceptors (Lipinski definition) is 2. The smallest absolute Gasteiger partial charge is 0.295 e. The lowest BCUT2D eigenvalue weighted by molar-refractivity contribution is 0.734. The Kier molecular flexibility index (Phi) is 0.714. The highest BCUT2D eigenvalue weighted by Crippen LogP contribution is 1.54. The summed E-state index contributed by atoms with van der Waals surface area (Å²) in [4.78, 5) is 12.6. The van der Waals surface area contributed by atoms with Gasteiger partial charge in [-0.3, -0.25) is 4.98 Å². The minimum atomic E-state index is -0.181. The second-order valence-electron chi connectivity index (χ2n) is 1.22. The molecule has 0 fully saturated rings. The first-order chi connectivity index (χ1) is 3.30. The van der Waals surface area contributed by atoms with Crippen LogP contribution in [0.5, 0.6) is 0 Å². The fourth-order valence-electron chi connectivity index (χ4n) is 0.317. The third-order valence-corrected chi connectivity index (χ3v) is 0.713. The molecule has 4 nitrogen and oxygen atoms in total. The van der Waals surface area contributed by atoms with Gasteiger partial charge in [0.05, 0.1) is 0 Å². The van der Waals surface area contributed by atoms with Crippen LogP contribution in [0.15, 0.2) is 11.1 Å². The highest BCUT2D eigenvalue weighted by molar-refractivity contribution is 4.54. The number of aromatic amines is 1. The van der Waals surface area contributed by atoms with Gasteiger partial charge in [-0.15, -0.1) is 0 Å². The van der Waals surface area contributed by atoms with E-state index in [4.69, 9.17) is 0 Å².